The third-order valence-corrected chi connectivity index (χ3v) is 4.59. The van der Waals surface area contributed by atoms with Gasteiger partial charge in [0, 0.05) is 31.5 Å². The van der Waals surface area contributed by atoms with Gasteiger partial charge in [0.15, 0.2) is 5.82 Å². The van der Waals surface area contributed by atoms with E-state index in [0.717, 1.165) is 24.2 Å². The van der Waals surface area contributed by atoms with Crippen molar-refractivity contribution in [1.29, 1.82) is 0 Å². The number of aliphatic hydroxyl groups excluding tert-OH is 1. The summed E-state index contributed by atoms with van der Waals surface area (Å²) in [6.07, 6.45) is 1.87. The molecule has 2 amide bonds. The number of carbonyl (C=O) groups excluding carboxylic acids is 1. The van der Waals surface area contributed by atoms with Gasteiger partial charge in [-0.05, 0) is 37.8 Å². The first-order valence-corrected chi connectivity index (χ1v) is 8.44. The van der Waals surface area contributed by atoms with Crippen LogP contribution in [0.2, 0.25) is 5.02 Å². The molecule has 24 heavy (non-hydrogen) atoms. The highest BCUT2D eigenvalue weighted by molar-refractivity contribution is 6.32. The van der Waals surface area contributed by atoms with Crippen molar-refractivity contribution in [1.82, 2.24) is 14.7 Å². The molecule has 1 saturated heterocycles. The molecule has 1 aromatic carbocycles. The molecule has 6 nitrogen and oxygen atoms in total. The Morgan fingerprint density at radius 2 is 2.25 bits per heavy atom. The van der Waals surface area contributed by atoms with Crippen LogP contribution in [0.15, 0.2) is 30.3 Å². The van der Waals surface area contributed by atoms with Gasteiger partial charge in [0.1, 0.15) is 0 Å². The van der Waals surface area contributed by atoms with Crippen molar-refractivity contribution in [3.8, 4) is 5.69 Å². The van der Waals surface area contributed by atoms with Crippen molar-refractivity contribution in [2.75, 3.05) is 25.0 Å². The van der Waals surface area contributed by atoms with Crippen molar-refractivity contribution in [3.63, 3.8) is 0 Å². The highest BCUT2D eigenvalue weighted by Gasteiger charge is 2.23. The molecule has 7 heteroatoms. The molecular weight excluding hydrogens is 328 g/mol. The number of aryl methyl sites for hydroxylation is 1. The second-order valence-electron chi connectivity index (χ2n) is 6.10. The Morgan fingerprint density at radius 1 is 1.46 bits per heavy atom. The third-order valence-electron chi connectivity index (χ3n) is 4.27. The number of halogens is 1. The van der Waals surface area contributed by atoms with Crippen molar-refractivity contribution in [3.05, 3.63) is 41.0 Å². The Morgan fingerprint density at radius 3 is 3.00 bits per heavy atom. The third kappa shape index (κ3) is 3.55. The number of anilines is 1. The molecule has 1 atom stereocenters. The summed E-state index contributed by atoms with van der Waals surface area (Å²) in [6, 6.07) is 9.07. The first kappa shape index (κ1) is 16.8. The Bertz CT molecular complexity index is 731. The molecule has 0 saturated carbocycles. The van der Waals surface area contributed by atoms with Crippen LogP contribution in [0.4, 0.5) is 10.6 Å². The summed E-state index contributed by atoms with van der Waals surface area (Å²) in [5, 5.41) is 17.2. The second-order valence-corrected chi connectivity index (χ2v) is 6.51. The number of nitrogens with one attached hydrogen (secondary N) is 1. The fourth-order valence-electron chi connectivity index (χ4n) is 2.99. The maximum Gasteiger partial charge on any atom is 0.323 e. The van der Waals surface area contributed by atoms with Crippen LogP contribution in [0.25, 0.3) is 5.69 Å². The van der Waals surface area contributed by atoms with Gasteiger partial charge in [-0.2, -0.15) is 0 Å². The lowest BCUT2D eigenvalue weighted by Gasteiger charge is -2.31. The highest BCUT2D eigenvalue weighted by Crippen LogP contribution is 2.23. The van der Waals surface area contributed by atoms with E-state index in [1.54, 1.807) is 15.6 Å². The van der Waals surface area contributed by atoms with Crippen molar-refractivity contribution < 1.29 is 9.90 Å². The average Bonchev–Trinajstić information content (AvgIpc) is 2.95. The second kappa shape index (κ2) is 7.23. The van der Waals surface area contributed by atoms with Crippen LogP contribution in [0.1, 0.15) is 18.5 Å². The first-order chi connectivity index (χ1) is 11.6. The van der Waals surface area contributed by atoms with Crippen LogP contribution in [-0.4, -0.2) is 45.5 Å². The minimum Gasteiger partial charge on any atom is -0.396 e. The molecule has 0 radical (unpaired) electrons. The topological polar surface area (TPSA) is 70.4 Å². The van der Waals surface area contributed by atoms with Crippen molar-refractivity contribution in [2.24, 2.45) is 5.92 Å². The maximum absolute atomic E-state index is 12.4. The normalized spacial score (nSPS) is 17.8. The molecule has 0 bridgehead atoms. The summed E-state index contributed by atoms with van der Waals surface area (Å²) in [5.41, 5.74) is 1.65. The van der Waals surface area contributed by atoms with E-state index in [4.69, 9.17) is 11.6 Å². The van der Waals surface area contributed by atoms with Gasteiger partial charge in [-0.15, -0.1) is 5.10 Å². The van der Waals surface area contributed by atoms with Crippen LogP contribution in [-0.2, 0) is 0 Å². The number of para-hydroxylation sites is 1. The molecule has 1 aliphatic heterocycles. The van der Waals surface area contributed by atoms with E-state index < -0.39 is 0 Å². The van der Waals surface area contributed by atoms with Gasteiger partial charge in [-0.25, -0.2) is 9.48 Å². The standard InChI is InChI=1S/C17H21ClN4O2/c1-12-9-16(20-22(12)15-7-3-2-6-14(15)18)19-17(24)21-8-4-5-13(10-21)11-23/h2-3,6-7,9,13,23H,4-5,8,10-11H2,1H3,(H,19,20,24)/t13-/m1/s1. The van der Waals surface area contributed by atoms with Gasteiger partial charge < -0.3 is 10.0 Å². The number of amides is 2. The van der Waals surface area contributed by atoms with Gasteiger partial charge in [-0.1, -0.05) is 23.7 Å². The number of hydrogen-bond donors (Lipinski definition) is 2. The number of piperidine rings is 1. The van der Waals surface area contributed by atoms with E-state index >= 15 is 0 Å². The summed E-state index contributed by atoms with van der Waals surface area (Å²) < 4.78 is 1.71. The number of aromatic nitrogens is 2. The summed E-state index contributed by atoms with van der Waals surface area (Å²) in [6.45, 7) is 3.30. The summed E-state index contributed by atoms with van der Waals surface area (Å²) >= 11 is 6.22. The number of benzene rings is 1. The van der Waals surface area contributed by atoms with Crippen LogP contribution in [0.5, 0.6) is 0 Å². The van der Waals surface area contributed by atoms with Crippen LogP contribution < -0.4 is 5.32 Å². The summed E-state index contributed by atoms with van der Waals surface area (Å²) in [7, 11) is 0. The SMILES string of the molecule is Cc1cc(NC(=O)N2CCC[C@@H](CO)C2)nn1-c1ccccc1Cl. The Labute approximate surface area is 146 Å². The van der Waals surface area contributed by atoms with E-state index in [0.29, 0.717) is 23.9 Å². The van der Waals surface area contributed by atoms with Gasteiger partial charge >= 0.3 is 6.03 Å². The predicted octanol–water partition coefficient (Wildman–Crippen LogP) is 3.07. The van der Waals surface area contributed by atoms with Gasteiger partial charge in [0.25, 0.3) is 0 Å². The Kier molecular flexibility index (Phi) is 5.06. The average molecular weight is 349 g/mol. The van der Waals surface area contributed by atoms with Gasteiger partial charge in [0.05, 0.1) is 10.7 Å². The highest BCUT2D eigenvalue weighted by atomic mass is 35.5. The van der Waals surface area contributed by atoms with E-state index in [-0.39, 0.29) is 18.6 Å². The Balaban J connectivity index is 1.73. The van der Waals surface area contributed by atoms with Crippen molar-refractivity contribution >= 4 is 23.4 Å². The maximum atomic E-state index is 12.4. The minimum absolute atomic E-state index is 0.115. The van der Waals surface area contributed by atoms with E-state index in [2.05, 4.69) is 10.4 Å². The lowest BCUT2D eigenvalue weighted by atomic mass is 9.99. The number of likely N-dealkylation sites (tertiary alicyclic amines) is 1. The molecule has 0 spiro atoms. The molecule has 1 aromatic heterocycles. The molecule has 1 fully saturated rings. The van der Waals surface area contributed by atoms with Crippen molar-refractivity contribution in [2.45, 2.75) is 19.8 Å². The number of urea groups is 1. The molecule has 1 aliphatic rings. The molecule has 3 rings (SSSR count). The summed E-state index contributed by atoms with van der Waals surface area (Å²) in [5.74, 6) is 0.649. The number of rotatable bonds is 3. The number of aliphatic hydroxyl groups is 1. The summed E-state index contributed by atoms with van der Waals surface area (Å²) in [4.78, 5) is 14.1. The quantitative estimate of drug-likeness (QED) is 0.895. The van der Waals surface area contributed by atoms with E-state index in [1.807, 2.05) is 31.2 Å². The van der Waals surface area contributed by atoms with Crippen LogP contribution >= 0.6 is 11.6 Å². The number of nitrogens with zero attached hydrogens (tertiary/aromatic N) is 3. The van der Waals surface area contributed by atoms with Gasteiger partial charge in [0.2, 0.25) is 0 Å². The Hall–Kier alpha value is -2.05. The van der Waals surface area contributed by atoms with Crippen LogP contribution in [0.3, 0.4) is 0 Å². The smallest absolute Gasteiger partial charge is 0.323 e. The number of carbonyl (C=O) groups is 1. The van der Waals surface area contributed by atoms with E-state index in [1.165, 1.54) is 0 Å². The zero-order valence-electron chi connectivity index (χ0n) is 13.6. The fraction of sp³-hybridized carbons (Fsp3) is 0.412. The molecular formula is C17H21ClN4O2. The molecule has 2 N–H and O–H groups in total. The zero-order valence-corrected chi connectivity index (χ0v) is 14.3. The van der Waals surface area contributed by atoms with Gasteiger partial charge in [-0.3, -0.25) is 5.32 Å². The molecule has 128 valence electrons. The predicted molar refractivity (Wildman–Crippen MR) is 93.7 cm³/mol. The molecule has 2 heterocycles. The fourth-order valence-corrected chi connectivity index (χ4v) is 3.21. The van der Waals surface area contributed by atoms with Crippen LogP contribution in [0, 0.1) is 12.8 Å². The largest absolute Gasteiger partial charge is 0.396 e. The monoisotopic (exact) mass is 348 g/mol. The minimum atomic E-state index is -0.183. The van der Waals surface area contributed by atoms with E-state index in [9.17, 15) is 9.90 Å². The molecule has 0 unspecified atom stereocenters. The molecule has 0 aliphatic carbocycles. The lowest BCUT2D eigenvalue weighted by molar-refractivity contribution is 0.136. The molecule has 2 aromatic rings. The first-order valence-electron chi connectivity index (χ1n) is 8.07. The number of hydrogen-bond acceptors (Lipinski definition) is 3. The lowest BCUT2D eigenvalue weighted by Crippen LogP contribution is -2.43. The zero-order chi connectivity index (χ0) is 17.1.